The number of H-pyrrole nitrogens is 1. The highest BCUT2D eigenvalue weighted by Gasteiger charge is 2.28. The van der Waals surface area contributed by atoms with Crippen molar-refractivity contribution in [3.63, 3.8) is 0 Å². The monoisotopic (exact) mass is 298 g/mol. The van der Waals surface area contributed by atoms with Gasteiger partial charge in [-0.25, -0.2) is 4.79 Å². The summed E-state index contributed by atoms with van der Waals surface area (Å²) < 4.78 is 1.41. The van der Waals surface area contributed by atoms with E-state index in [0.29, 0.717) is 23.8 Å². The highest BCUT2D eigenvalue weighted by molar-refractivity contribution is 6.30. The van der Waals surface area contributed by atoms with Gasteiger partial charge in [-0.1, -0.05) is 38.8 Å². The lowest BCUT2D eigenvalue weighted by Gasteiger charge is -2.32. The van der Waals surface area contributed by atoms with Crippen LogP contribution in [0.15, 0.2) is 9.59 Å². The molecule has 0 spiro atoms. The standard InChI is InChI=1S/C15H23ClN2O2/c1-4-5-12-13(16)17-15(20)18(14(12)19)11-7-9(2)6-10(3)8-11/h9-11H,4-8H2,1-3H3,(H,17,20). The summed E-state index contributed by atoms with van der Waals surface area (Å²) >= 11 is 6.01. The molecule has 1 aliphatic rings. The second-order valence-corrected chi connectivity index (χ2v) is 6.60. The Hall–Kier alpha value is -1.03. The van der Waals surface area contributed by atoms with Crippen LogP contribution in [0.5, 0.6) is 0 Å². The summed E-state index contributed by atoms with van der Waals surface area (Å²) in [6.07, 6.45) is 4.38. The highest BCUT2D eigenvalue weighted by Crippen LogP contribution is 2.34. The fourth-order valence-corrected chi connectivity index (χ4v) is 3.73. The molecule has 2 rings (SSSR count). The second-order valence-electron chi connectivity index (χ2n) is 6.22. The van der Waals surface area contributed by atoms with Crippen molar-refractivity contribution in [1.82, 2.24) is 9.55 Å². The maximum absolute atomic E-state index is 12.6. The van der Waals surface area contributed by atoms with Gasteiger partial charge in [0.15, 0.2) is 0 Å². The summed E-state index contributed by atoms with van der Waals surface area (Å²) in [4.78, 5) is 27.4. The van der Waals surface area contributed by atoms with Crippen molar-refractivity contribution in [3.05, 3.63) is 31.6 Å². The largest absolute Gasteiger partial charge is 0.329 e. The van der Waals surface area contributed by atoms with E-state index in [1.807, 2.05) is 6.92 Å². The van der Waals surface area contributed by atoms with Crippen molar-refractivity contribution in [2.24, 2.45) is 11.8 Å². The Bertz CT molecular complexity index is 581. The van der Waals surface area contributed by atoms with Crippen LogP contribution in [0, 0.1) is 11.8 Å². The molecule has 20 heavy (non-hydrogen) atoms. The molecular weight excluding hydrogens is 276 g/mol. The Balaban J connectivity index is 2.48. The van der Waals surface area contributed by atoms with E-state index in [2.05, 4.69) is 18.8 Å². The first-order valence-corrected chi connectivity index (χ1v) is 7.85. The summed E-state index contributed by atoms with van der Waals surface area (Å²) in [6.45, 7) is 6.37. The minimum absolute atomic E-state index is 0.00197. The smallest absolute Gasteiger partial charge is 0.297 e. The highest BCUT2D eigenvalue weighted by atomic mass is 35.5. The van der Waals surface area contributed by atoms with E-state index in [1.54, 1.807) is 0 Å². The fraction of sp³-hybridized carbons (Fsp3) is 0.733. The maximum atomic E-state index is 12.6. The van der Waals surface area contributed by atoms with Crippen LogP contribution in [-0.2, 0) is 6.42 Å². The average Bonchev–Trinajstić information content (AvgIpc) is 2.33. The van der Waals surface area contributed by atoms with Crippen molar-refractivity contribution in [2.45, 2.75) is 58.9 Å². The first-order valence-electron chi connectivity index (χ1n) is 7.47. The van der Waals surface area contributed by atoms with Crippen LogP contribution in [0.4, 0.5) is 0 Å². The van der Waals surface area contributed by atoms with Gasteiger partial charge in [0.25, 0.3) is 5.56 Å². The van der Waals surface area contributed by atoms with Crippen LogP contribution < -0.4 is 11.2 Å². The first-order chi connectivity index (χ1) is 9.43. The van der Waals surface area contributed by atoms with Gasteiger partial charge in [-0.3, -0.25) is 14.3 Å². The van der Waals surface area contributed by atoms with E-state index in [0.717, 1.165) is 19.3 Å². The molecule has 1 aliphatic carbocycles. The minimum atomic E-state index is -0.369. The van der Waals surface area contributed by atoms with Gasteiger partial charge < -0.3 is 0 Å². The van der Waals surface area contributed by atoms with Crippen LogP contribution >= 0.6 is 11.6 Å². The molecule has 0 aliphatic heterocycles. The van der Waals surface area contributed by atoms with Gasteiger partial charge in [-0.2, -0.15) is 0 Å². The molecule has 1 N–H and O–H groups in total. The zero-order valence-electron chi connectivity index (χ0n) is 12.4. The molecule has 0 amide bonds. The third kappa shape index (κ3) is 3.00. The second kappa shape index (κ2) is 6.17. The van der Waals surface area contributed by atoms with E-state index < -0.39 is 0 Å². The van der Waals surface area contributed by atoms with Gasteiger partial charge in [0.05, 0.1) is 5.56 Å². The molecule has 2 unspecified atom stereocenters. The summed E-state index contributed by atoms with van der Waals surface area (Å²) in [5.41, 5.74) is -0.0299. The molecule has 1 fully saturated rings. The predicted molar refractivity (Wildman–Crippen MR) is 81.5 cm³/mol. The Morgan fingerprint density at radius 3 is 2.35 bits per heavy atom. The van der Waals surface area contributed by atoms with Crippen molar-refractivity contribution >= 4 is 11.6 Å². The molecule has 2 atom stereocenters. The molecule has 4 nitrogen and oxygen atoms in total. The van der Waals surface area contributed by atoms with Gasteiger partial charge in [-0.05, 0) is 37.5 Å². The van der Waals surface area contributed by atoms with Crippen LogP contribution in [0.1, 0.15) is 58.1 Å². The molecule has 5 heteroatoms. The van der Waals surface area contributed by atoms with Gasteiger partial charge >= 0.3 is 5.69 Å². The SMILES string of the molecule is CCCc1c(Cl)[nH]c(=O)n(C2CC(C)CC(C)C2)c1=O. The number of aromatic nitrogens is 2. The van der Waals surface area contributed by atoms with Gasteiger partial charge in [0.1, 0.15) is 5.15 Å². The van der Waals surface area contributed by atoms with E-state index in [4.69, 9.17) is 11.6 Å². The molecule has 0 saturated heterocycles. The van der Waals surface area contributed by atoms with Crippen molar-refractivity contribution in [1.29, 1.82) is 0 Å². The Labute approximate surface area is 124 Å². The molecule has 1 saturated carbocycles. The molecule has 0 bridgehead atoms. The number of halogens is 1. The number of nitrogens with one attached hydrogen (secondary N) is 1. The Morgan fingerprint density at radius 2 is 1.80 bits per heavy atom. The summed E-state index contributed by atoms with van der Waals surface area (Å²) in [6, 6.07) is -0.00197. The summed E-state index contributed by atoms with van der Waals surface area (Å²) in [5, 5.41) is 0.204. The lowest BCUT2D eigenvalue weighted by Crippen LogP contribution is -2.42. The topological polar surface area (TPSA) is 54.9 Å². The zero-order chi connectivity index (χ0) is 14.9. The van der Waals surface area contributed by atoms with E-state index >= 15 is 0 Å². The maximum Gasteiger partial charge on any atom is 0.329 e. The molecule has 1 aromatic heterocycles. The Morgan fingerprint density at radius 1 is 1.20 bits per heavy atom. The number of nitrogens with zero attached hydrogens (tertiary/aromatic N) is 1. The summed E-state index contributed by atoms with van der Waals surface area (Å²) in [5.74, 6) is 1.08. The Kier molecular flexibility index (Phi) is 4.74. The number of hydrogen-bond acceptors (Lipinski definition) is 2. The quantitative estimate of drug-likeness (QED) is 0.872. The van der Waals surface area contributed by atoms with Gasteiger partial charge in [-0.15, -0.1) is 0 Å². The summed E-state index contributed by atoms with van der Waals surface area (Å²) in [7, 11) is 0. The zero-order valence-corrected chi connectivity index (χ0v) is 13.2. The van der Waals surface area contributed by atoms with E-state index in [-0.39, 0.29) is 22.4 Å². The lowest BCUT2D eigenvalue weighted by atomic mass is 9.80. The number of hydrogen-bond donors (Lipinski definition) is 1. The van der Waals surface area contributed by atoms with Crippen LogP contribution in [0.2, 0.25) is 5.15 Å². The van der Waals surface area contributed by atoms with Crippen LogP contribution in [0.3, 0.4) is 0 Å². The minimum Gasteiger partial charge on any atom is -0.297 e. The average molecular weight is 299 g/mol. The molecule has 1 aromatic rings. The third-order valence-electron chi connectivity index (χ3n) is 4.20. The third-order valence-corrected chi connectivity index (χ3v) is 4.52. The van der Waals surface area contributed by atoms with Gasteiger partial charge in [0, 0.05) is 6.04 Å². The number of aromatic amines is 1. The van der Waals surface area contributed by atoms with Crippen molar-refractivity contribution in [2.75, 3.05) is 0 Å². The van der Waals surface area contributed by atoms with Crippen LogP contribution in [0.25, 0.3) is 0 Å². The first kappa shape index (κ1) is 15.4. The van der Waals surface area contributed by atoms with E-state index in [1.165, 1.54) is 11.0 Å². The predicted octanol–water partition coefficient (Wildman–Crippen LogP) is 3.14. The molecule has 0 aromatic carbocycles. The number of rotatable bonds is 3. The van der Waals surface area contributed by atoms with Gasteiger partial charge in [0.2, 0.25) is 0 Å². The fourth-order valence-electron chi connectivity index (χ4n) is 3.47. The molecule has 1 heterocycles. The van der Waals surface area contributed by atoms with Crippen molar-refractivity contribution < 1.29 is 0 Å². The molecule has 0 radical (unpaired) electrons. The van der Waals surface area contributed by atoms with E-state index in [9.17, 15) is 9.59 Å². The van der Waals surface area contributed by atoms with Crippen molar-refractivity contribution in [3.8, 4) is 0 Å². The normalized spacial score (nSPS) is 26.7. The molecular formula is C15H23ClN2O2. The molecule has 112 valence electrons. The lowest BCUT2D eigenvalue weighted by molar-refractivity contribution is 0.213. The van der Waals surface area contributed by atoms with Crippen LogP contribution in [-0.4, -0.2) is 9.55 Å².